The van der Waals surface area contributed by atoms with Gasteiger partial charge in [-0.25, -0.2) is 5.84 Å². The smallest absolute Gasteiger partial charge is 0.206 e. The molecule has 100 valence electrons. The zero-order valence-electron chi connectivity index (χ0n) is 10.9. The Hall–Kier alpha value is -1.66. The molecule has 1 unspecified atom stereocenters. The van der Waals surface area contributed by atoms with E-state index in [-0.39, 0.29) is 6.04 Å². The molecule has 0 saturated heterocycles. The number of aromatic nitrogens is 1. The van der Waals surface area contributed by atoms with Gasteiger partial charge in [-0.1, -0.05) is 0 Å². The van der Waals surface area contributed by atoms with Gasteiger partial charge in [-0.05, 0) is 31.0 Å². The molecule has 1 heterocycles. The van der Waals surface area contributed by atoms with Crippen molar-refractivity contribution in [1.82, 2.24) is 15.7 Å². The molecular formula is C12H21N5O. The second-order valence-electron chi connectivity index (χ2n) is 3.98. The van der Waals surface area contributed by atoms with Crippen LogP contribution in [-0.2, 0) is 11.2 Å². The third kappa shape index (κ3) is 5.60. The second kappa shape index (κ2) is 8.43. The van der Waals surface area contributed by atoms with Crippen LogP contribution < -0.4 is 16.6 Å². The zero-order valence-corrected chi connectivity index (χ0v) is 10.9. The van der Waals surface area contributed by atoms with Crippen LogP contribution in [0.1, 0.15) is 12.5 Å². The van der Waals surface area contributed by atoms with Crippen molar-refractivity contribution < 1.29 is 4.74 Å². The fraction of sp³-hybridized carbons (Fsp3) is 0.500. The van der Waals surface area contributed by atoms with Gasteiger partial charge in [0.2, 0.25) is 5.96 Å². The van der Waals surface area contributed by atoms with Crippen LogP contribution in [0.15, 0.2) is 29.5 Å². The number of hydrogen-bond donors (Lipinski definition) is 3. The van der Waals surface area contributed by atoms with E-state index in [1.807, 2.05) is 19.1 Å². The van der Waals surface area contributed by atoms with Crippen molar-refractivity contribution in [2.75, 3.05) is 20.3 Å². The molecule has 1 aromatic heterocycles. The molecule has 0 aliphatic carbocycles. The quantitative estimate of drug-likeness (QED) is 0.288. The van der Waals surface area contributed by atoms with Gasteiger partial charge in [0.15, 0.2) is 0 Å². The summed E-state index contributed by atoms with van der Waals surface area (Å²) in [6.07, 6.45) is 4.41. The fourth-order valence-electron chi connectivity index (χ4n) is 1.50. The fourth-order valence-corrected chi connectivity index (χ4v) is 1.50. The highest BCUT2D eigenvalue weighted by atomic mass is 16.5. The van der Waals surface area contributed by atoms with Gasteiger partial charge in [-0.15, -0.1) is 0 Å². The van der Waals surface area contributed by atoms with E-state index in [4.69, 9.17) is 10.6 Å². The van der Waals surface area contributed by atoms with Gasteiger partial charge in [0.05, 0.1) is 6.61 Å². The van der Waals surface area contributed by atoms with Crippen molar-refractivity contribution >= 4 is 5.96 Å². The second-order valence-corrected chi connectivity index (χ2v) is 3.98. The summed E-state index contributed by atoms with van der Waals surface area (Å²) in [7, 11) is 1.66. The minimum atomic E-state index is 0.158. The number of rotatable bonds is 6. The number of hydrazine groups is 1. The molecule has 0 aliphatic heterocycles. The predicted molar refractivity (Wildman–Crippen MR) is 72.0 cm³/mol. The van der Waals surface area contributed by atoms with Crippen molar-refractivity contribution in [1.29, 1.82) is 0 Å². The average Bonchev–Trinajstić information content (AvgIpc) is 2.39. The molecule has 6 nitrogen and oxygen atoms in total. The van der Waals surface area contributed by atoms with Crippen molar-refractivity contribution in [2.45, 2.75) is 19.4 Å². The summed E-state index contributed by atoms with van der Waals surface area (Å²) in [5.74, 6) is 5.98. The summed E-state index contributed by atoms with van der Waals surface area (Å²) in [6, 6.07) is 4.11. The highest BCUT2D eigenvalue weighted by Crippen LogP contribution is 1.97. The summed E-state index contributed by atoms with van der Waals surface area (Å²) in [4.78, 5) is 8.32. The van der Waals surface area contributed by atoms with Gasteiger partial charge in [-0.2, -0.15) is 0 Å². The van der Waals surface area contributed by atoms with Crippen LogP contribution in [0.25, 0.3) is 0 Å². The lowest BCUT2D eigenvalue weighted by atomic mass is 10.2. The first kappa shape index (κ1) is 14.4. The lowest BCUT2D eigenvalue weighted by Gasteiger charge is -2.15. The molecule has 0 aromatic carbocycles. The third-order valence-corrected chi connectivity index (χ3v) is 2.36. The Balaban J connectivity index is 2.38. The molecule has 0 fully saturated rings. The van der Waals surface area contributed by atoms with Gasteiger partial charge in [0.1, 0.15) is 0 Å². The molecule has 1 rings (SSSR count). The first-order chi connectivity index (χ1) is 8.76. The van der Waals surface area contributed by atoms with Crippen LogP contribution in [0.5, 0.6) is 0 Å². The van der Waals surface area contributed by atoms with E-state index in [1.54, 1.807) is 19.5 Å². The molecule has 0 radical (unpaired) electrons. The molecule has 6 heteroatoms. The van der Waals surface area contributed by atoms with Gasteiger partial charge >= 0.3 is 0 Å². The first-order valence-corrected chi connectivity index (χ1v) is 5.91. The van der Waals surface area contributed by atoms with Gasteiger partial charge in [-0.3, -0.25) is 15.4 Å². The van der Waals surface area contributed by atoms with Crippen molar-refractivity contribution in [2.24, 2.45) is 10.8 Å². The number of nitrogens with one attached hydrogen (secondary N) is 2. The van der Waals surface area contributed by atoms with Crippen LogP contribution in [0.3, 0.4) is 0 Å². The number of pyridine rings is 1. The SMILES string of the molecule is COCC(C)NC(=NCCc1ccncc1)NN. The summed E-state index contributed by atoms with van der Waals surface area (Å²) in [5, 5.41) is 3.13. The number of nitrogens with two attached hydrogens (primary N) is 1. The standard InChI is InChI=1S/C12H21N5O/c1-10(9-18-2)16-12(17-13)15-8-5-11-3-6-14-7-4-11/h3-4,6-7,10H,5,8-9,13H2,1-2H3,(H2,15,16,17). The first-order valence-electron chi connectivity index (χ1n) is 5.91. The number of aliphatic imine (C=N–C) groups is 1. The van der Waals surface area contributed by atoms with Crippen LogP contribution in [-0.4, -0.2) is 37.2 Å². The largest absolute Gasteiger partial charge is 0.383 e. The molecule has 4 N–H and O–H groups in total. The number of guanidine groups is 1. The Morgan fingerprint density at radius 2 is 2.22 bits per heavy atom. The number of methoxy groups -OCH3 is 1. The monoisotopic (exact) mass is 251 g/mol. The lowest BCUT2D eigenvalue weighted by Crippen LogP contribution is -2.47. The Morgan fingerprint density at radius 3 is 2.83 bits per heavy atom. The average molecular weight is 251 g/mol. The molecule has 1 aromatic rings. The highest BCUT2D eigenvalue weighted by molar-refractivity contribution is 5.79. The molecule has 0 saturated carbocycles. The van der Waals surface area contributed by atoms with E-state index >= 15 is 0 Å². The Labute approximate surface area is 108 Å². The molecule has 0 aliphatic rings. The summed E-state index contributed by atoms with van der Waals surface area (Å²) >= 11 is 0. The topological polar surface area (TPSA) is 84.6 Å². The molecule has 1 atom stereocenters. The van der Waals surface area contributed by atoms with E-state index in [0.29, 0.717) is 19.1 Å². The third-order valence-electron chi connectivity index (χ3n) is 2.36. The van der Waals surface area contributed by atoms with E-state index < -0.39 is 0 Å². The normalized spacial score (nSPS) is 13.2. The maximum atomic E-state index is 5.40. The Kier molecular flexibility index (Phi) is 6.75. The van der Waals surface area contributed by atoms with Crippen molar-refractivity contribution in [3.8, 4) is 0 Å². The molecule has 0 bridgehead atoms. The van der Waals surface area contributed by atoms with E-state index in [1.165, 1.54) is 5.56 Å². The number of ether oxygens (including phenoxy) is 1. The van der Waals surface area contributed by atoms with Crippen LogP contribution in [0, 0.1) is 0 Å². The maximum Gasteiger partial charge on any atom is 0.206 e. The minimum absolute atomic E-state index is 0.158. The lowest BCUT2D eigenvalue weighted by molar-refractivity contribution is 0.179. The van der Waals surface area contributed by atoms with Crippen LogP contribution in [0.2, 0.25) is 0 Å². The Bertz CT molecular complexity index is 355. The van der Waals surface area contributed by atoms with Crippen LogP contribution >= 0.6 is 0 Å². The van der Waals surface area contributed by atoms with Crippen LogP contribution in [0.4, 0.5) is 0 Å². The maximum absolute atomic E-state index is 5.40. The minimum Gasteiger partial charge on any atom is -0.383 e. The number of nitrogens with zero attached hydrogens (tertiary/aromatic N) is 2. The predicted octanol–water partition coefficient (Wildman–Crippen LogP) is 0.0679. The zero-order chi connectivity index (χ0) is 13.2. The van der Waals surface area contributed by atoms with Crippen molar-refractivity contribution in [3.63, 3.8) is 0 Å². The van der Waals surface area contributed by atoms with E-state index in [2.05, 4.69) is 20.7 Å². The van der Waals surface area contributed by atoms with Gasteiger partial charge in [0, 0.05) is 32.1 Å². The molecule has 0 spiro atoms. The van der Waals surface area contributed by atoms with Crippen molar-refractivity contribution in [3.05, 3.63) is 30.1 Å². The highest BCUT2D eigenvalue weighted by Gasteiger charge is 2.03. The van der Waals surface area contributed by atoms with Gasteiger partial charge < -0.3 is 10.1 Å². The summed E-state index contributed by atoms with van der Waals surface area (Å²) < 4.78 is 5.03. The Morgan fingerprint density at radius 1 is 1.50 bits per heavy atom. The van der Waals surface area contributed by atoms with E-state index in [9.17, 15) is 0 Å². The van der Waals surface area contributed by atoms with Gasteiger partial charge in [0.25, 0.3) is 0 Å². The molecule has 18 heavy (non-hydrogen) atoms. The number of hydrogen-bond acceptors (Lipinski definition) is 4. The molecule has 0 amide bonds. The summed E-state index contributed by atoms with van der Waals surface area (Å²) in [6.45, 7) is 3.26. The molecular weight excluding hydrogens is 230 g/mol. The van der Waals surface area contributed by atoms with E-state index in [0.717, 1.165) is 6.42 Å². The summed E-state index contributed by atoms with van der Waals surface area (Å²) in [5.41, 5.74) is 3.75.